The number of nitrogens with one attached hydrogen (secondary N) is 1. The first kappa shape index (κ1) is 14.0. The van der Waals surface area contributed by atoms with Crippen molar-refractivity contribution in [3.63, 3.8) is 0 Å². The zero-order valence-corrected chi connectivity index (χ0v) is 12.3. The molecule has 0 unspecified atom stereocenters. The van der Waals surface area contributed by atoms with Gasteiger partial charge in [-0.15, -0.1) is 11.3 Å². The molecule has 0 saturated heterocycles. The molecule has 1 N–H and O–H groups in total. The topological polar surface area (TPSA) is 91.8 Å². The van der Waals surface area contributed by atoms with E-state index in [2.05, 4.69) is 15.5 Å². The first-order valence-electron chi connectivity index (χ1n) is 6.37. The predicted molar refractivity (Wildman–Crippen MR) is 81.5 cm³/mol. The van der Waals surface area contributed by atoms with Crippen LogP contribution in [0.5, 0.6) is 0 Å². The molecule has 108 valence electrons. The predicted octanol–water partition coefficient (Wildman–Crippen LogP) is 3.23. The zero-order valence-electron chi connectivity index (χ0n) is 11.5. The summed E-state index contributed by atoms with van der Waals surface area (Å²) >= 11 is 1.41. The Balaban J connectivity index is 1.83. The van der Waals surface area contributed by atoms with Crippen molar-refractivity contribution in [1.29, 1.82) is 5.26 Å². The Morgan fingerprint density at radius 1 is 1.32 bits per heavy atom. The first-order chi connectivity index (χ1) is 10.7. The molecule has 1 aromatic carbocycles. The average molecular weight is 310 g/mol. The number of aromatic nitrogens is 2. The molecule has 3 aromatic rings. The number of carbonyl (C=O) groups excluding carboxylic acids is 1. The number of anilines is 1. The lowest BCUT2D eigenvalue weighted by Crippen LogP contribution is -2.11. The van der Waals surface area contributed by atoms with E-state index >= 15 is 0 Å². The molecule has 22 heavy (non-hydrogen) atoms. The third-order valence-electron chi connectivity index (χ3n) is 2.91. The van der Waals surface area contributed by atoms with Gasteiger partial charge in [0.1, 0.15) is 4.88 Å². The summed E-state index contributed by atoms with van der Waals surface area (Å²) in [6.45, 7) is 1.73. The molecule has 0 fully saturated rings. The summed E-state index contributed by atoms with van der Waals surface area (Å²) in [4.78, 5) is 17.1. The van der Waals surface area contributed by atoms with Gasteiger partial charge in [0.15, 0.2) is 5.82 Å². The smallest absolute Gasteiger partial charge is 0.270 e. The van der Waals surface area contributed by atoms with E-state index in [0.29, 0.717) is 33.4 Å². The van der Waals surface area contributed by atoms with Crippen LogP contribution in [0.25, 0.3) is 10.8 Å². The fourth-order valence-electron chi connectivity index (χ4n) is 1.85. The minimum Gasteiger partial charge on any atom is -0.333 e. The SMILES string of the molecule is Cc1noc(-c2sccc2NC(=O)c2ccc(C#N)cc2)n1. The van der Waals surface area contributed by atoms with E-state index in [1.807, 2.05) is 11.4 Å². The Hall–Kier alpha value is -2.98. The van der Waals surface area contributed by atoms with Gasteiger partial charge in [0, 0.05) is 5.56 Å². The average Bonchev–Trinajstić information content (AvgIpc) is 3.16. The van der Waals surface area contributed by atoms with Gasteiger partial charge in [-0.1, -0.05) is 5.16 Å². The Kier molecular flexibility index (Phi) is 3.68. The van der Waals surface area contributed by atoms with Crippen LogP contribution in [0, 0.1) is 18.3 Å². The van der Waals surface area contributed by atoms with Crippen LogP contribution < -0.4 is 5.32 Å². The van der Waals surface area contributed by atoms with Crippen molar-refractivity contribution in [2.24, 2.45) is 0 Å². The third kappa shape index (κ3) is 2.73. The summed E-state index contributed by atoms with van der Waals surface area (Å²) in [7, 11) is 0. The maximum atomic E-state index is 12.2. The molecular weight excluding hydrogens is 300 g/mol. The van der Waals surface area contributed by atoms with Crippen LogP contribution in [-0.4, -0.2) is 16.0 Å². The second kappa shape index (κ2) is 5.79. The maximum Gasteiger partial charge on any atom is 0.270 e. The van der Waals surface area contributed by atoms with Crippen LogP contribution in [-0.2, 0) is 0 Å². The highest BCUT2D eigenvalue weighted by Crippen LogP contribution is 2.32. The summed E-state index contributed by atoms with van der Waals surface area (Å²) in [5.41, 5.74) is 1.59. The Bertz CT molecular complexity index is 858. The number of thiophene rings is 1. The molecule has 0 radical (unpaired) electrons. The molecule has 3 rings (SSSR count). The minimum absolute atomic E-state index is 0.264. The highest BCUT2D eigenvalue weighted by Gasteiger charge is 2.16. The molecule has 0 spiro atoms. The maximum absolute atomic E-state index is 12.2. The number of nitrogens with zero attached hydrogens (tertiary/aromatic N) is 3. The molecule has 0 bridgehead atoms. The molecule has 0 aliphatic heterocycles. The Morgan fingerprint density at radius 3 is 2.73 bits per heavy atom. The monoisotopic (exact) mass is 310 g/mol. The molecule has 6 nitrogen and oxygen atoms in total. The number of rotatable bonds is 3. The molecule has 0 aliphatic rings. The standard InChI is InChI=1S/C15H10N4O2S/c1-9-17-15(21-19-9)13-12(6-7-22-13)18-14(20)11-4-2-10(8-16)3-5-11/h2-7H,1H3,(H,18,20). The van der Waals surface area contributed by atoms with Gasteiger partial charge in [-0.25, -0.2) is 0 Å². The highest BCUT2D eigenvalue weighted by atomic mass is 32.1. The van der Waals surface area contributed by atoms with E-state index in [1.54, 1.807) is 37.3 Å². The number of carbonyl (C=O) groups is 1. The van der Waals surface area contributed by atoms with Gasteiger partial charge in [-0.05, 0) is 42.6 Å². The molecule has 2 heterocycles. The lowest BCUT2D eigenvalue weighted by atomic mass is 10.1. The number of hydrogen-bond acceptors (Lipinski definition) is 6. The van der Waals surface area contributed by atoms with E-state index in [-0.39, 0.29) is 5.91 Å². The quantitative estimate of drug-likeness (QED) is 0.801. The zero-order chi connectivity index (χ0) is 15.5. The van der Waals surface area contributed by atoms with Gasteiger partial charge >= 0.3 is 0 Å². The summed E-state index contributed by atoms with van der Waals surface area (Å²) in [6, 6.07) is 10.2. The third-order valence-corrected chi connectivity index (χ3v) is 3.81. The van der Waals surface area contributed by atoms with E-state index < -0.39 is 0 Å². The normalized spacial score (nSPS) is 10.2. The van der Waals surface area contributed by atoms with E-state index in [0.717, 1.165) is 0 Å². The number of amides is 1. The van der Waals surface area contributed by atoms with Gasteiger partial charge in [-0.3, -0.25) is 4.79 Å². The molecule has 0 atom stereocenters. The van der Waals surface area contributed by atoms with Crippen LogP contribution >= 0.6 is 11.3 Å². The lowest BCUT2D eigenvalue weighted by Gasteiger charge is -2.04. The lowest BCUT2D eigenvalue weighted by molar-refractivity contribution is 0.102. The van der Waals surface area contributed by atoms with Crippen LogP contribution in [0.1, 0.15) is 21.7 Å². The van der Waals surface area contributed by atoms with Gasteiger partial charge in [0.05, 0.1) is 17.3 Å². The van der Waals surface area contributed by atoms with Crippen molar-refractivity contribution in [3.8, 4) is 16.8 Å². The fourth-order valence-corrected chi connectivity index (χ4v) is 2.62. The van der Waals surface area contributed by atoms with Gasteiger partial charge < -0.3 is 9.84 Å². The van der Waals surface area contributed by atoms with Crippen molar-refractivity contribution in [2.45, 2.75) is 6.92 Å². The van der Waals surface area contributed by atoms with Crippen LogP contribution in [0.2, 0.25) is 0 Å². The van der Waals surface area contributed by atoms with Gasteiger partial charge in [0.25, 0.3) is 11.8 Å². The molecule has 0 aliphatic carbocycles. The summed E-state index contributed by atoms with van der Waals surface area (Å²) in [6.07, 6.45) is 0. The molecular formula is C15H10N4O2S. The van der Waals surface area contributed by atoms with Crippen LogP contribution in [0.15, 0.2) is 40.2 Å². The second-order valence-corrected chi connectivity index (χ2v) is 5.37. The van der Waals surface area contributed by atoms with Crippen molar-refractivity contribution in [3.05, 3.63) is 52.7 Å². The number of hydrogen-bond donors (Lipinski definition) is 1. The van der Waals surface area contributed by atoms with Crippen molar-refractivity contribution in [2.75, 3.05) is 5.32 Å². The minimum atomic E-state index is -0.264. The van der Waals surface area contributed by atoms with E-state index in [9.17, 15) is 4.79 Å². The van der Waals surface area contributed by atoms with Crippen molar-refractivity contribution in [1.82, 2.24) is 10.1 Å². The van der Waals surface area contributed by atoms with Crippen molar-refractivity contribution < 1.29 is 9.32 Å². The number of aryl methyl sites for hydroxylation is 1. The van der Waals surface area contributed by atoms with Crippen LogP contribution in [0.3, 0.4) is 0 Å². The fraction of sp³-hybridized carbons (Fsp3) is 0.0667. The van der Waals surface area contributed by atoms with Gasteiger partial charge in [-0.2, -0.15) is 10.2 Å². The Labute approximate surface area is 130 Å². The summed E-state index contributed by atoms with van der Waals surface area (Å²) in [5, 5.41) is 17.2. The van der Waals surface area contributed by atoms with E-state index in [1.165, 1.54) is 11.3 Å². The molecule has 0 saturated carbocycles. The first-order valence-corrected chi connectivity index (χ1v) is 7.25. The number of benzene rings is 1. The summed E-state index contributed by atoms with van der Waals surface area (Å²) < 4.78 is 5.13. The summed E-state index contributed by atoms with van der Waals surface area (Å²) in [5.74, 6) is 0.649. The molecule has 7 heteroatoms. The Morgan fingerprint density at radius 2 is 2.09 bits per heavy atom. The van der Waals surface area contributed by atoms with E-state index in [4.69, 9.17) is 9.78 Å². The largest absolute Gasteiger partial charge is 0.333 e. The molecule has 2 aromatic heterocycles. The van der Waals surface area contributed by atoms with Crippen LogP contribution in [0.4, 0.5) is 5.69 Å². The van der Waals surface area contributed by atoms with Gasteiger partial charge in [0.2, 0.25) is 0 Å². The second-order valence-electron chi connectivity index (χ2n) is 4.45. The van der Waals surface area contributed by atoms with Crippen molar-refractivity contribution >= 4 is 22.9 Å². The number of nitriles is 1. The highest BCUT2D eigenvalue weighted by molar-refractivity contribution is 7.14. The molecule has 1 amide bonds.